The second kappa shape index (κ2) is 6.78. The molecule has 0 fully saturated rings. The molecule has 0 saturated carbocycles. The number of carbonyl (C=O) groups is 2. The summed E-state index contributed by atoms with van der Waals surface area (Å²) < 4.78 is 0. The number of hydrogen-bond donors (Lipinski definition) is 1. The van der Waals surface area contributed by atoms with Crippen molar-refractivity contribution < 1.29 is 67.5 Å². The smallest absolute Gasteiger partial charge is 1.00 e. The molecule has 0 radical (unpaired) electrons. The van der Waals surface area contributed by atoms with Crippen molar-refractivity contribution in [2.45, 2.75) is 6.42 Å². The van der Waals surface area contributed by atoms with Crippen LogP contribution in [0.4, 0.5) is 0 Å². The molecule has 0 aliphatic carbocycles. The molecule has 0 unspecified atom stereocenters. The van der Waals surface area contributed by atoms with Gasteiger partial charge in [0.2, 0.25) is 0 Å². The standard InChI is InChI=1S/C3H4O3.K.H/c4-2-1-3(5)6;;/h2H,1H2,(H,5,6);;/q;+1;-1. The summed E-state index contributed by atoms with van der Waals surface area (Å²) >= 11 is 0. The molecule has 0 saturated heterocycles. The number of hydrogen-bond acceptors (Lipinski definition) is 2. The van der Waals surface area contributed by atoms with Crippen molar-refractivity contribution in [2.24, 2.45) is 0 Å². The zero-order chi connectivity index (χ0) is 4.99. The predicted octanol–water partition coefficient (Wildman–Crippen LogP) is -3.22. The maximum absolute atomic E-state index is 9.37. The van der Waals surface area contributed by atoms with Gasteiger partial charge in [-0.2, -0.15) is 0 Å². The summed E-state index contributed by atoms with van der Waals surface area (Å²) in [7, 11) is 0. The molecule has 3 nitrogen and oxygen atoms in total. The first-order valence-corrected chi connectivity index (χ1v) is 1.43. The molecule has 0 aliphatic heterocycles. The van der Waals surface area contributed by atoms with Crippen molar-refractivity contribution in [3.8, 4) is 0 Å². The predicted molar refractivity (Wildman–Crippen MR) is 19.4 cm³/mol. The van der Waals surface area contributed by atoms with E-state index in [1.807, 2.05) is 0 Å². The molecule has 1 N–H and O–H groups in total. The van der Waals surface area contributed by atoms with Gasteiger partial charge in [-0.05, 0) is 0 Å². The zero-order valence-electron chi connectivity index (χ0n) is 5.05. The van der Waals surface area contributed by atoms with Crippen molar-refractivity contribution in [1.82, 2.24) is 0 Å². The Labute approximate surface area is 85.0 Å². The Morgan fingerprint density at radius 2 is 2.29 bits per heavy atom. The van der Waals surface area contributed by atoms with Crippen LogP contribution in [0.2, 0.25) is 0 Å². The van der Waals surface area contributed by atoms with E-state index in [2.05, 4.69) is 0 Å². The third-order valence-electron chi connectivity index (χ3n) is 0.258. The SMILES string of the molecule is O=CCC(=O)O.[H-].[K+]. The number of rotatable bonds is 2. The minimum absolute atomic E-state index is 0. The van der Waals surface area contributed by atoms with Crippen LogP contribution in [0.5, 0.6) is 0 Å². The molecule has 0 atom stereocenters. The Balaban J connectivity index is -0.000000125. The molecule has 0 heterocycles. The van der Waals surface area contributed by atoms with Gasteiger partial charge in [-0.15, -0.1) is 0 Å². The first kappa shape index (κ1) is 10.7. The average Bonchev–Trinajstić information content (AvgIpc) is 1.35. The van der Waals surface area contributed by atoms with Gasteiger partial charge < -0.3 is 11.3 Å². The second-order valence-electron chi connectivity index (χ2n) is 0.765. The van der Waals surface area contributed by atoms with Crippen LogP contribution in [0.3, 0.4) is 0 Å². The van der Waals surface area contributed by atoms with Gasteiger partial charge in [0.05, 0.1) is 0 Å². The monoisotopic (exact) mass is 128 g/mol. The topological polar surface area (TPSA) is 54.4 Å². The Morgan fingerprint density at radius 1 is 1.86 bits per heavy atom. The van der Waals surface area contributed by atoms with Crippen LogP contribution < -0.4 is 51.4 Å². The zero-order valence-corrected chi connectivity index (χ0v) is 7.17. The minimum Gasteiger partial charge on any atom is -1.00 e. The molecule has 0 spiro atoms. The number of carboxylic acid groups (broad SMARTS) is 1. The molecule has 0 bridgehead atoms. The largest absolute Gasteiger partial charge is 1.00 e. The number of aldehydes is 1. The molecule has 4 heteroatoms. The van der Waals surface area contributed by atoms with Gasteiger partial charge in [0, 0.05) is 0 Å². The third kappa shape index (κ3) is 10.8. The molecule has 0 rings (SSSR count). The van der Waals surface area contributed by atoms with E-state index in [0.29, 0.717) is 6.29 Å². The van der Waals surface area contributed by atoms with E-state index in [1.165, 1.54) is 0 Å². The van der Waals surface area contributed by atoms with Crippen molar-refractivity contribution in [3.05, 3.63) is 0 Å². The van der Waals surface area contributed by atoms with Gasteiger partial charge in [0.15, 0.2) is 0 Å². The Kier molecular flexibility index (Phi) is 10.4. The maximum Gasteiger partial charge on any atom is 1.00 e. The number of aliphatic carboxylic acids is 1. The van der Waals surface area contributed by atoms with E-state index >= 15 is 0 Å². The minimum atomic E-state index is -1.08. The molecular weight excluding hydrogens is 123 g/mol. The molecule has 0 amide bonds. The van der Waals surface area contributed by atoms with Gasteiger partial charge in [-0.25, -0.2) is 0 Å². The summed E-state index contributed by atoms with van der Waals surface area (Å²) in [6.07, 6.45) is -0.0394. The van der Waals surface area contributed by atoms with Crippen LogP contribution in [-0.2, 0) is 9.59 Å². The Bertz CT molecular complexity index is 74.9. The van der Waals surface area contributed by atoms with E-state index in [4.69, 9.17) is 5.11 Å². The van der Waals surface area contributed by atoms with E-state index in [1.54, 1.807) is 0 Å². The second-order valence-corrected chi connectivity index (χ2v) is 0.765. The summed E-state index contributed by atoms with van der Waals surface area (Å²) in [5.74, 6) is -1.08. The van der Waals surface area contributed by atoms with Gasteiger partial charge in [0.1, 0.15) is 12.7 Å². The quantitative estimate of drug-likeness (QED) is 0.242. The van der Waals surface area contributed by atoms with E-state index in [9.17, 15) is 9.59 Å². The van der Waals surface area contributed by atoms with Crippen molar-refractivity contribution >= 4 is 12.3 Å². The van der Waals surface area contributed by atoms with Crippen LogP contribution in [0.15, 0.2) is 0 Å². The van der Waals surface area contributed by atoms with E-state index in [-0.39, 0.29) is 59.2 Å². The summed E-state index contributed by atoms with van der Waals surface area (Å²) in [5, 5.41) is 7.68. The maximum atomic E-state index is 9.37. The van der Waals surface area contributed by atoms with Crippen LogP contribution >= 0.6 is 0 Å². The fourth-order valence-electron chi connectivity index (χ4n) is 0.0713. The Morgan fingerprint density at radius 3 is 2.29 bits per heavy atom. The van der Waals surface area contributed by atoms with E-state index < -0.39 is 5.97 Å². The van der Waals surface area contributed by atoms with Crippen LogP contribution in [0.1, 0.15) is 7.85 Å². The van der Waals surface area contributed by atoms with Crippen molar-refractivity contribution in [2.75, 3.05) is 0 Å². The van der Waals surface area contributed by atoms with Gasteiger partial charge in [0.25, 0.3) is 0 Å². The van der Waals surface area contributed by atoms with Crippen molar-refractivity contribution in [3.63, 3.8) is 0 Å². The molecule has 0 aromatic heterocycles. The Hall–Kier alpha value is 0.776. The molecule has 36 valence electrons. The first-order valence-electron chi connectivity index (χ1n) is 1.43. The fourth-order valence-corrected chi connectivity index (χ4v) is 0.0713. The van der Waals surface area contributed by atoms with E-state index in [0.717, 1.165) is 0 Å². The number of carbonyl (C=O) groups excluding carboxylic acids is 1. The van der Waals surface area contributed by atoms with Crippen molar-refractivity contribution in [1.29, 1.82) is 0 Å². The van der Waals surface area contributed by atoms with Gasteiger partial charge in [-0.1, -0.05) is 0 Å². The molecule has 0 aliphatic rings. The van der Waals surface area contributed by atoms with Crippen LogP contribution in [0, 0.1) is 0 Å². The van der Waals surface area contributed by atoms with Gasteiger partial charge >= 0.3 is 57.4 Å². The average molecular weight is 128 g/mol. The summed E-state index contributed by atoms with van der Waals surface area (Å²) in [4.78, 5) is 18.6. The number of carboxylic acids is 1. The summed E-state index contributed by atoms with van der Waals surface area (Å²) in [6, 6.07) is 0. The first-order chi connectivity index (χ1) is 2.77. The summed E-state index contributed by atoms with van der Waals surface area (Å²) in [6.45, 7) is 0. The third-order valence-corrected chi connectivity index (χ3v) is 0.258. The normalized spacial score (nSPS) is 6.29. The molecular formula is C3H5KO3. The molecule has 0 aromatic carbocycles. The van der Waals surface area contributed by atoms with Crippen LogP contribution in [0.25, 0.3) is 0 Å². The molecule has 0 aromatic rings. The van der Waals surface area contributed by atoms with Crippen LogP contribution in [-0.4, -0.2) is 17.4 Å². The fraction of sp³-hybridized carbons (Fsp3) is 0.333. The summed E-state index contributed by atoms with van der Waals surface area (Å²) in [5.41, 5.74) is 0. The van der Waals surface area contributed by atoms with Gasteiger partial charge in [-0.3, -0.25) is 4.79 Å². The molecule has 7 heavy (non-hydrogen) atoms.